The van der Waals surface area contributed by atoms with E-state index in [1.807, 2.05) is 44.2 Å². The molecular formula is C23H35N3O4. The molecule has 2 rings (SSSR count). The maximum atomic E-state index is 12.6. The van der Waals surface area contributed by atoms with Crippen molar-refractivity contribution in [3.8, 4) is 0 Å². The molecule has 0 radical (unpaired) electrons. The zero-order valence-corrected chi connectivity index (χ0v) is 18.0. The third kappa shape index (κ3) is 7.13. The minimum Gasteiger partial charge on any atom is -0.480 e. The second kappa shape index (κ2) is 11.7. The number of carbonyl (C=O) groups is 3. The van der Waals surface area contributed by atoms with Crippen LogP contribution in [-0.2, 0) is 20.8 Å². The number of aliphatic carboxylic acids is 1. The lowest BCUT2D eigenvalue weighted by atomic mass is 9.81. The Kier molecular flexibility index (Phi) is 9.30. The number of carboxylic acids is 1. The van der Waals surface area contributed by atoms with E-state index in [2.05, 4.69) is 10.6 Å². The van der Waals surface area contributed by atoms with Crippen LogP contribution in [0.2, 0.25) is 0 Å². The fraction of sp³-hybridized carbons (Fsp3) is 0.609. The highest BCUT2D eigenvalue weighted by molar-refractivity contribution is 5.85. The fourth-order valence-electron chi connectivity index (χ4n) is 3.84. The third-order valence-corrected chi connectivity index (χ3v) is 6.24. The molecule has 0 aliphatic heterocycles. The van der Waals surface area contributed by atoms with Crippen molar-refractivity contribution < 1.29 is 19.5 Å². The van der Waals surface area contributed by atoms with Gasteiger partial charge < -0.3 is 21.5 Å². The summed E-state index contributed by atoms with van der Waals surface area (Å²) in [7, 11) is 0. The zero-order valence-electron chi connectivity index (χ0n) is 18.0. The minimum atomic E-state index is -1.03. The van der Waals surface area contributed by atoms with Crippen LogP contribution in [0, 0.1) is 17.8 Å². The molecule has 3 atom stereocenters. The van der Waals surface area contributed by atoms with Crippen LogP contribution in [0.1, 0.15) is 51.5 Å². The Morgan fingerprint density at radius 3 is 2.33 bits per heavy atom. The summed E-state index contributed by atoms with van der Waals surface area (Å²) in [5.41, 5.74) is 6.84. The summed E-state index contributed by atoms with van der Waals surface area (Å²) in [5.74, 6) is -1.06. The Morgan fingerprint density at radius 1 is 1.13 bits per heavy atom. The Labute approximate surface area is 178 Å². The first kappa shape index (κ1) is 23.9. The summed E-state index contributed by atoms with van der Waals surface area (Å²) in [6, 6.07) is 7.87. The number of carbonyl (C=O) groups excluding carboxylic acids is 2. The molecule has 2 amide bonds. The number of benzene rings is 1. The van der Waals surface area contributed by atoms with Crippen LogP contribution in [-0.4, -0.2) is 41.5 Å². The number of rotatable bonds is 10. The van der Waals surface area contributed by atoms with E-state index >= 15 is 0 Å². The van der Waals surface area contributed by atoms with Crippen molar-refractivity contribution in [3.05, 3.63) is 35.9 Å². The Bertz CT molecular complexity index is 702. The van der Waals surface area contributed by atoms with Crippen molar-refractivity contribution in [2.75, 3.05) is 6.54 Å². The van der Waals surface area contributed by atoms with Gasteiger partial charge in [-0.3, -0.25) is 9.59 Å². The topological polar surface area (TPSA) is 122 Å². The molecule has 1 aliphatic carbocycles. The van der Waals surface area contributed by atoms with Crippen LogP contribution in [0.15, 0.2) is 30.3 Å². The van der Waals surface area contributed by atoms with Crippen LogP contribution in [0.5, 0.6) is 0 Å². The SMILES string of the molecule is CCC(C)C(N)C(=O)NCC1CCC(C(=O)NC(Cc2ccccc2)C(=O)O)CC1. The average molecular weight is 418 g/mol. The highest BCUT2D eigenvalue weighted by Gasteiger charge is 2.30. The molecule has 0 aromatic heterocycles. The van der Waals surface area contributed by atoms with E-state index in [1.165, 1.54) is 0 Å². The maximum absolute atomic E-state index is 12.6. The number of carboxylic acid groups (broad SMARTS) is 1. The van der Waals surface area contributed by atoms with E-state index in [0.29, 0.717) is 25.3 Å². The normalized spacial score (nSPS) is 21.8. The van der Waals surface area contributed by atoms with Gasteiger partial charge in [-0.05, 0) is 43.1 Å². The molecule has 1 aromatic carbocycles. The van der Waals surface area contributed by atoms with Crippen molar-refractivity contribution in [2.24, 2.45) is 23.5 Å². The summed E-state index contributed by atoms with van der Waals surface area (Å²) in [6.07, 6.45) is 4.17. The predicted molar refractivity (Wildman–Crippen MR) is 116 cm³/mol. The lowest BCUT2D eigenvalue weighted by Crippen LogP contribution is -2.47. The number of hydrogen-bond acceptors (Lipinski definition) is 4. The molecule has 1 aromatic rings. The van der Waals surface area contributed by atoms with Crippen molar-refractivity contribution in [1.29, 1.82) is 0 Å². The second-order valence-corrected chi connectivity index (χ2v) is 8.46. The van der Waals surface area contributed by atoms with Crippen LogP contribution in [0.4, 0.5) is 0 Å². The highest BCUT2D eigenvalue weighted by atomic mass is 16.4. The van der Waals surface area contributed by atoms with Crippen molar-refractivity contribution in [3.63, 3.8) is 0 Å². The number of amides is 2. The summed E-state index contributed by atoms with van der Waals surface area (Å²) in [4.78, 5) is 36.3. The van der Waals surface area contributed by atoms with Gasteiger partial charge in [0.1, 0.15) is 6.04 Å². The minimum absolute atomic E-state index is 0.116. The number of hydrogen-bond donors (Lipinski definition) is 4. The van der Waals surface area contributed by atoms with E-state index < -0.39 is 18.1 Å². The second-order valence-electron chi connectivity index (χ2n) is 8.46. The largest absolute Gasteiger partial charge is 0.480 e. The van der Waals surface area contributed by atoms with Crippen LogP contribution in [0.3, 0.4) is 0 Å². The maximum Gasteiger partial charge on any atom is 0.326 e. The van der Waals surface area contributed by atoms with Crippen LogP contribution >= 0.6 is 0 Å². The van der Waals surface area contributed by atoms with Gasteiger partial charge in [0, 0.05) is 18.9 Å². The quantitative estimate of drug-likeness (QED) is 0.464. The molecule has 7 nitrogen and oxygen atoms in total. The van der Waals surface area contributed by atoms with E-state index in [-0.39, 0.29) is 30.1 Å². The number of nitrogens with two attached hydrogens (primary N) is 1. The molecule has 1 saturated carbocycles. The van der Waals surface area contributed by atoms with Gasteiger partial charge in [0.05, 0.1) is 6.04 Å². The molecule has 0 spiro atoms. The predicted octanol–water partition coefficient (Wildman–Crippen LogP) is 2.09. The van der Waals surface area contributed by atoms with Crippen molar-refractivity contribution in [1.82, 2.24) is 10.6 Å². The molecule has 7 heteroatoms. The first-order chi connectivity index (χ1) is 14.3. The van der Waals surface area contributed by atoms with Gasteiger partial charge in [-0.1, -0.05) is 50.6 Å². The lowest BCUT2D eigenvalue weighted by Gasteiger charge is -2.29. The Balaban J connectivity index is 1.77. The van der Waals surface area contributed by atoms with Gasteiger partial charge in [0.25, 0.3) is 0 Å². The molecule has 1 aliphatic rings. The zero-order chi connectivity index (χ0) is 22.1. The van der Waals surface area contributed by atoms with E-state index in [0.717, 1.165) is 24.8 Å². The lowest BCUT2D eigenvalue weighted by molar-refractivity contribution is -0.142. The molecule has 0 saturated heterocycles. The molecular weight excluding hydrogens is 382 g/mol. The van der Waals surface area contributed by atoms with Crippen LogP contribution in [0.25, 0.3) is 0 Å². The first-order valence-corrected chi connectivity index (χ1v) is 10.9. The Morgan fingerprint density at radius 2 is 1.77 bits per heavy atom. The molecule has 0 bridgehead atoms. The van der Waals surface area contributed by atoms with Gasteiger partial charge in [0.15, 0.2) is 0 Å². The average Bonchev–Trinajstić information content (AvgIpc) is 2.76. The van der Waals surface area contributed by atoms with Crippen LogP contribution < -0.4 is 16.4 Å². The highest BCUT2D eigenvalue weighted by Crippen LogP contribution is 2.28. The van der Waals surface area contributed by atoms with Gasteiger partial charge in [-0.15, -0.1) is 0 Å². The summed E-state index contributed by atoms with van der Waals surface area (Å²) >= 11 is 0. The monoisotopic (exact) mass is 417 g/mol. The van der Waals surface area contributed by atoms with Gasteiger partial charge in [-0.2, -0.15) is 0 Å². The fourth-order valence-corrected chi connectivity index (χ4v) is 3.84. The van der Waals surface area contributed by atoms with E-state index in [1.54, 1.807) is 0 Å². The third-order valence-electron chi connectivity index (χ3n) is 6.24. The molecule has 3 unspecified atom stereocenters. The van der Waals surface area contributed by atoms with Gasteiger partial charge in [-0.25, -0.2) is 4.79 Å². The van der Waals surface area contributed by atoms with Crippen molar-refractivity contribution >= 4 is 17.8 Å². The smallest absolute Gasteiger partial charge is 0.326 e. The van der Waals surface area contributed by atoms with E-state index in [9.17, 15) is 19.5 Å². The summed E-state index contributed by atoms with van der Waals surface area (Å²) < 4.78 is 0. The Hall–Kier alpha value is -2.41. The van der Waals surface area contributed by atoms with Gasteiger partial charge >= 0.3 is 5.97 Å². The molecule has 1 fully saturated rings. The molecule has 30 heavy (non-hydrogen) atoms. The van der Waals surface area contributed by atoms with Gasteiger partial charge in [0.2, 0.25) is 11.8 Å². The standard InChI is InChI=1S/C23H35N3O4/c1-3-15(2)20(24)22(28)25-14-17-9-11-18(12-10-17)21(27)26-19(23(29)30)13-16-7-5-4-6-8-16/h4-8,15,17-20H,3,9-14,24H2,1-2H3,(H,25,28)(H,26,27)(H,29,30). The number of nitrogens with one attached hydrogen (secondary N) is 2. The first-order valence-electron chi connectivity index (χ1n) is 10.9. The molecule has 166 valence electrons. The molecule has 0 heterocycles. The molecule has 5 N–H and O–H groups in total. The summed E-state index contributed by atoms with van der Waals surface area (Å²) in [5, 5.41) is 15.1. The van der Waals surface area contributed by atoms with E-state index in [4.69, 9.17) is 5.73 Å². The summed E-state index contributed by atoms with van der Waals surface area (Å²) in [6.45, 7) is 4.55. The van der Waals surface area contributed by atoms with Crippen molar-refractivity contribution in [2.45, 2.75) is 64.5 Å².